The van der Waals surface area contributed by atoms with Crippen LogP contribution in [0.25, 0.3) is 11.0 Å². The third-order valence-electron chi connectivity index (χ3n) is 5.39. The van der Waals surface area contributed by atoms with E-state index in [4.69, 9.17) is 15.2 Å². The maximum atomic E-state index is 12.9. The van der Waals surface area contributed by atoms with Crippen LogP contribution in [0.2, 0.25) is 0 Å². The minimum Gasteiger partial charge on any atom is -0.464 e. The molecule has 0 aromatic carbocycles. The van der Waals surface area contributed by atoms with E-state index in [9.17, 15) is 18.3 Å². The molecule has 1 aliphatic heterocycles. The van der Waals surface area contributed by atoms with Crippen molar-refractivity contribution in [1.29, 1.82) is 0 Å². The molecule has 0 unspecified atom stereocenters. The molecule has 0 bridgehead atoms. The van der Waals surface area contributed by atoms with Crippen molar-refractivity contribution in [3.05, 3.63) is 27.7 Å². The summed E-state index contributed by atoms with van der Waals surface area (Å²) >= 11 is 2.15. The van der Waals surface area contributed by atoms with Gasteiger partial charge in [0, 0.05) is 15.3 Å². The lowest BCUT2D eigenvalue weighted by Crippen LogP contribution is -2.51. The van der Waals surface area contributed by atoms with E-state index in [1.54, 1.807) is 40.7 Å². The Hall–Kier alpha value is -2.01. The summed E-state index contributed by atoms with van der Waals surface area (Å²) < 4.78 is 43.4. The van der Waals surface area contributed by atoms with Crippen molar-refractivity contribution in [3.63, 3.8) is 0 Å². The number of aromatic nitrogens is 3. The van der Waals surface area contributed by atoms with Crippen LogP contribution < -0.4 is 10.5 Å². The zero-order valence-corrected chi connectivity index (χ0v) is 22.3. The number of hydrogen-bond donors (Lipinski definition) is 3. The highest BCUT2D eigenvalue weighted by molar-refractivity contribution is 14.1. The van der Waals surface area contributed by atoms with Crippen LogP contribution in [0.1, 0.15) is 40.7 Å². The third kappa shape index (κ3) is 4.60. The van der Waals surface area contributed by atoms with Gasteiger partial charge in [-0.25, -0.2) is 14.8 Å². The predicted octanol–water partition coefficient (Wildman–Crippen LogP) is 2.23. The van der Waals surface area contributed by atoms with Gasteiger partial charge in [-0.15, -0.1) is 0 Å². The summed E-state index contributed by atoms with van der Waals surface area (Å²) in [5, 5.41) is 10.4. The number of nitrogen functional groups attached to an aromatic ring is 1. The van der Waals surface area contributed by atoms with E-state index in [0.29, 0.717) is 26.7 Å². The molecule has 3 heterocycles. The van der Waals surface area contributed by atoms with E-state index in [1.165, 1.54) is 6.33 Å². The number of carbonyl (C=O) groups is 1. The van der Waals surface area contributed by atoms with Crippen LogP contribution in [-0.2, 0) is 19.7 Å². The molecule has 1 fully saturated rings. The third-order valence-corrected chi connectivity index (χ3v) is 7.95. The number of anilines is 1. The van der Waals surface area contributed by atoms with E-state index in [0.717, 1.165) is 3.57 Å². The molecule has 1 amide bonds. The van der Waals surface area contributed by atoms with E-state index >= 15 is 0 Å². The van der Waals surface area contributed by atoms with Crippen LogP contribution >= 0.6 is 22.6 Å². The molecule has 2 aliphatic rings. The number of fused-ring (bicyclic) bond motifs is 2. The van der Waals surface area contributed by atoms with Gasteiger partial charge in [0.05, 0.1) is 18.0 Å². The monoisotopic (exact) mass is 606 g/mol. The van der Waals surface area contributed by atoms with Crippen molar-refractivity contribution in [2.75, 3.05) is 12.3 Å². The van der Waals surface area contributed by atoms with Gasteiger partial charge in [0.1, 0.15) is 30.0 Å². The molecule has 0 saturated carbocycles. The average Bonchev–Trinajstić information content (AvgIpc) is 3.26. The summed E-state index contributed by atoms with van der Waals surface area (Å²) in [4.78, 5) is 20.4. The van der Waals surface area contributed by atoms with Gasteiger partial charge in [0.2, 0.25) is 0 Å². The van der Waals surface area contributed by atoms with Crippen molar-refractivity contribution in [1.82, 2.24) is 23.6 Å². The van der Waals surface area contributed by atoms with E-state index in [2.05, 4.69) is 37.3 Å². The summed E-state index contributed by atoms with van der Waals surface area (Å²) in [5.41, 5.74) is 6.25. The lowest BCUT2D eigenvalue weighted by atomic mass is 10.1. The number of hydrogen-bond acceptors (Lipinski definition) is 8. The number of carboxylic acid groups (broad SMARTS) is 1. The fourth-order valence-electron chi connectivity index (χ4n) is 4.27. The molecule has 186 valence electrons. The predicted molar refractivity (Wildman–Crippen MR) is 132 cm³/mol. The highest BCUT2D eigenvalue weighted by Gasteiger charge is 2.52. The summed E-state index contributed by atoms with van der Waals surface area (Å²) in [6.45, 7) is 8.00. The molecule has 1 aliphatic carbocycles. The van der Waals surface area contributed by atoms with Crippen molar-refractivity contribution in [2.24, 2.45) is 0 Å². The number of ether oxygens (including phenoxy) is 2. The first-order valence-corrected chi connectivity index (χ1v) is 13.0. The average molecular weight is 606 g/mol. The molecule has 4 rings (SSSR count). The highest BCUT2D eigenvalue weighted by Crippen LogP contribution is 2.45. The second-order valence-corrected chi connectivity index (χ2v) is 12.5. The van der Waals surface area contributed by atoms with Gasteiger partial charge in [-0.3, -0.25) is 0 Å². The van der Waals surface area contributed by atoms with Crippen LogP contribution in [0.4, 0.5) is 10.6 Å². The Morgan fingerprint density at radius 2 is 2.03 bits per heavy atom. The fourth-order valence-corrected chi connectivity index (χ4v) is 6.49. The number of nitrogens with one attached hydrogen (secondary N) is 1. The molecule has 2 aromatic rings. The Balaban J connectivity index is 1.77. The van der Waals surface area contributed by atoms with Crippen LogP contribution in [0, 0.1) is 3.57 Å². The SMILES string of the molecule is CC(C)(C)NS(=O)(=O)N(CC1=C[C@@H](n2cc(I)c3c(N)ncnc32)[C@@H]2OC(C)(C)O[C@H]12)C(=O)O. The molecule has 12 nitrogen and oxygen atoms in total. The van der Waals surface area contributed by atoms with E-state index < -0.39 is 52.4 Å². The quantitative estimate of drug-likeness (QED) is 0.342. The van der Waals surface area contributed by atoms with Gasteiger partial charge in [0.15, 0.2) is 5.79 Å². The van der Waals surface area contributed by atoms with Gasteiger partial charge in [-0.1, -0.05) is 6.08 Å². The van der Waals surface area contributed by atoms with Crippen LogP contribution in [0.5, 0.6) is 0 Å². The minimum absolute atomic E-state index is 0.340. The molecular formula is C20H27IN6O6S. The molecule has 34 heavy (non-hydrogen) atoms. The first kappa shape index (κ1) is 25.1. The Bertz CT molecular complexity index is 1280. The van der Waals surface area contributed by atoms with Crippen molar-refractivity contribution >= 4 is 55.7 Å². The summed E-state index contributed by atoms with van der Waals surface area (Å²) in [5.74, 6) is -0.611. The summed E-state index contributed by atoms with van der Waals surface area (Å²) in [6, 6.07) is -0.434. The number of nitrogens with two attached hydrogens (primary N) is 1. The van der Waals surface area contributed by atoms with E-state index in [-0.39, 0.29) is 0 Å². The van der Waals surface area contributed by atoms with E-state index in [1.807, 2.05) is 10.8 Å². The Kier molecular flexibility index (Phi) is 6.12. The van der Waals surface area contributed by atoms with Gasteiger partial charge in [-0.2, -0.15) is 17.4 Å². The normalized spacial score (nSPS) is 24.3. The number of halogens is 1. The molecule has 0 radical (unpaired) electrons. The van der Waals surface area contributed by atoms with Gasteiger partial charge >= 0.3 is 16.3 Å². The first-order chi connectivity index (χ1) is 15.6. The molecule has 1 saturated heterocycles. The fraction of sp³-hybridized carbons (Fsp3) is 0.550. The zero-order chi connectivity index (χ0) is 25.2. The molecule has 14 heteroatoms. The van der Waals surface area contributed by atoms with Crippen molar-refractivity contribution < 1.29 is 27.8 Å². The Morgan fingerprint density at radius 3 is 2.65 bits per heavy atom. The second-order valence-electron chi connectivity index (χ2n) is 9.74. The Morgan fingerprint density at radius 1 is 1.35 bits per heavy atom. The van der Waals surface area contributed by atoms with Gasteiger partial charge in [-0.05, 0) is 62.8 Å². The Labute approximate surface area is 210 Å². The summed E-state index contributed by atoms with van der Waals surface area (Å²) in [7, 11) is -4.34. The molecular weight excluding hydrogens is 579 g/mol. The largest absolute Gasteiger partial charge is 0.464 e. The molecule has 0 spiro atoms. The van der Waals surface area contributed by atoms with Crippen molar-refractivity contribution in [2.45, 2.75) is 64.2 Å². The van der Waals surface area contributed by atoms with Gasteiger partial charge < -0.3 is 24.9 Å². The molecule has 4 N–H and O–H groups in total. The summed E-state index contributed by atoms with van der Waals surface area (Å²) in [6.07, 6.45) is 2.23. The number of nitrogens with zero attached hydrogens (tertiary/aromatic N) is 4. The number of amides is 1. The van der Waals surface area contributed by atoms with Crippen LogP contribution in [-0.4, -0.2) is 68.5 Å². The highest BCUT2D eigenvalue weighted by atomic mass is 127. The lowest BCUT2D eigenvalue weighted by molar-refractivity contribution is -0.147. The van der Waals surface area contributed by atoms with Crippen LogP contribution in [0.3, 0.4) is 0 Å². The smallest absolute Gasteiger partial charge is 0.422 e. The number of rotatable bonds is 5. The minimum atomic E-state index is -4.34. The van der Waals surface area contributed by atoms with Crippen LogP contribution in [0.15, 0.2) is 24.2 Å². The standard InChI is InChI=1S/C20H27IN6O6S/c1-19(2,3)25-34(30,31)27(18(28)29)7-10-6-12(15-14(10)32-20(4,5)33-15)26-8-11(21)13-16(22)23-9-24-17(13)26/h6,8-9,12,14-15,25H,7H2,1-5H3,(H,28,29)(H2,22,23,24)/t12-,14-,15+/m1/s1. The first-order valence-electron chi connectivity index (χ1n) is 10.5. The van der Waals surface area contributed by atoms with Crippen molar-refractivity contribution in [3.8, 4) is 0 Å². The molecule has 2 aromatic heterocycles. The lowest BCUT2D eigenvalue weighted by Gasteiger charge is -2.27. The molecule has 3 atom stereocenters. The van der Waals surface area contributed by atoms with Gasteiger partial charge in [0.25, 0.3) is 0 Å². The zero-order valence-electron chi connectivity index (χ0n) is 19.3. The maximum Gasteiger partial charge on any atom is 0.422 e. The second kappa shape index (κ2) is 8.29. The topological polar surface area (TPSA) is 162 Å². The maximum absolute atomic E-state index is 12.9.